The van der Waals surface area contributed by atoms with Crippen molar-refractivity contribution in [2.75, 3.05) is 36.0 Å². The van der Waals surface area contributed by atoms with Crippen molar-refractivity contribution in [1.29, 1.82) is 0 Å². The molecule has 5 rings (SSSR count). The first-order valence-electron chi connectivity index (χ1n) is 16.2. The molecule has 0 radical (unpaired) electrons. The molecule has 7 nitrogen and oxygen atoms in total. The number of para-hydroxylation sites is 2. The van der Waals surface area contributed by atoms with Crippen LogP contribution in [0.15, 0.2) is 73.8 Å². The molecule has 2 aromatic rings. The average molecular weight is 630 g/mol. The fourth-order valence-corrected chi connectivity index (χ4v) is 10.4. The minimum absolute atomic E-state index is 0.0790. The number of likely N-dealkylation sites (tertiary alicyclic amines) is 1. The highest BCUT2D eigenvalue weighted by Gasteiger charge is 2.77. The van der Waals surface area contributed by atoms with E-state index < -0.39 is 27.4 Å². The Labute approximate surface area is 272 Å². The lowest BCUT2D eigenvalue weighted by Gasteiger charge is -2.38. The van der Waals surface area contributed by atoms with Crippen LogP contribution in [0.25, 0.3) is 0 Å². The topological polar surface area (TPSA) is 81.2 Å². The summed E-state index contributed by atoms with van der Waals surface area (Å²) in [6.45, 7) is 15.3. The van der Waals surface area contributed by atoms with E-state index in [0.717, 1.165) is 48.2 Å². The van der Waals surface area contributed by atoms with E-state index in [1.54, 1.807) is 28.8 Å². The monoisotopic (exact) mass is 629 g/mol. The number of aryl methyl sites for hydroxylation is 2. The standard InChI is InChI=1S/C37H47N3O4S/c1-6-22-38(28-18-11-10-12-19-28)33(42)29-30-34(43)40(24-13-8-9-14-25-41)32(37(30)21-20-36(29,5)45-37)35(44)39(23-7-2)31-26(3)16-15-17-27(31)4/h6-7,10-12,15-19,29-30,32,41H,1-2,8-9,13-14,20-25H2,3-5H3/t29-,30+,32?,36+,37?/m1/s1. The van der Waals surface area contributed by atoms with Crippen molar-refractivity contribution in [3.8, 4) is 0 Å². The van der Waals surface area contributed by atoms with E-state index in [1.807, 2.05) is 72.2 Å². The number of amides is 3. The van der Waals surface area contributed by atoms with E-state index in [0.29, 0.717) is 32.5 Å². The number of carbonyl (C=O) groups is 3. The number of aliphatic hydroxyl groups excluding tert-OH is 1. The molecule has 0 saturated carbocycles. The van der Waals surface area contributed by atoms with E-state index in [1.165, 1.54) is 0 Å². The Hall–Kier alpha value is -3.36. The summed E-state index contributed by atoms with van der Waals surface area (Å²) in [5.74, 6) is -1.43. The number of benzene rings is 2. The van der Waals surface area contributed by atoms with Crippen molar-refractivity contribution in [3.63, 3.8) is 0 Å². The predicted octanol–water partition coefficient (Wildman–Crippen LogP) is 6.08. The molecule has 3 aliphatic rings. The van der Waals surface area contributed by atoms with Crippen LogP contribution in [0, 0.1) is 25.7 Å². The van der Waals surface area contributed by atoms with Gasteiger partial charge in [0.25, 0.3) is 5.91 Å². The Morgan fingerprint density at radius 2 is 1.58 bits per heavy atom. The van der Waals surface area contributed by atoms with Crippen LogP contribution in [0.3, 0.4) is 0 Å². The lowest BCUT2D eigenvalue weighted by atomic mass is 9.66. The second-order valence-corrected chi connectivity index (χ2v) is 14.8. The molecule has 240 valence electrons. The summed E-state index contributed by atoms with van der Waals surface area (Å²) in [4.78, 5) is 49.8. The molecule has 2 bridgehead atoms. The smallest absolute Gasteiger partial charge is 0.251 e. The Morgan fingerprint density at radius 3 is 2.22 bits per heavy atom. The number of carbonyl (C=O) groups excluding carboxylic acids is 3. The van der Waals surface area contributed by atoms with E-state index in [2.05, 4.69) is 20.1 Å². The Kier molecular flexibility index (Phi) is 9.94. The van der Waals surface area contributed by atoms with E-state index in [-0.39, 0.29) is 24.3 Å². The van der Waals surface area contributed by atoms with E-state index in [9.17, 15) is 14.7 Å². The predicted molar refractivity (Wildman–Crippen MR) is 183 cm³/mol. The van der Waals surface area contributed by atoms with Gasteiger partial charge in [-0.1, -0.05) is 61.4 Å². The van der Waals surface area contributed by atoms with Gasteiger partial charge < -0.3 is 19.8 Å². The molecule has 2 unspecified atom stereocenters. The fraction of sp³-hybridized carbons (Fsp3) is 0.486. The molecule has 1 spiro atoms. The maximum absolute atomic E-state index is 15.0. The van der Waals surface area contributed by atoms with E-state index >= 15 is 4.79 Å². The summed E-state index contributed by atoms with van der Waals surface area (Å²) < 4.78 is -1.18. The van der Waals surface area contributed by atoms with Gasteiger partial charge in [-0.25, -0.2) is 0 Å². The first-order valence-corrected chi connectivity index (χ1v) is 17.0. The molecule has 3 amide bonds. The average Bonchev–Trinajstić information content (AvgIpc) is 3.59. The van der Waals surface area contributed by atoms with Gasteiger partial charge in [-0.05, 0) is 69.7 Å². The van der Waals surface area contributed by atoms with E-state index in [4.69, 9.17) is 0 Å². The minimum Gasteiger partial charge on any atom is -0.396 e. The third-order valence-electron chi connectivity index (χ3n) is 10.0. The number of thioether (sulfide) groups is 1. The Bertz CT molecular complexity index is 1430. The molecule has 1 N–H and O–H groups in total. The van der Waals surface area contributed by atoms with Crippen LogP contribution in [-0.4, -0.2) is 69.5 Å². The van der Waals surface area contributed by atoms with Crippen LogP contribution < -0.4 is 9.80 Å². The van der Waals surface area contributed by atoms with Crippen LogP contribution in [0.1, 0.15) is 56.6 Å². The van der Waals surface area contributed by atoms with Crippen LogP contribution in [-0.2, 0) is 14.4 Å². The summed E-state index contributed by atoms with van der Waals surface area (Å²) in [5.41, 5.74) is 3.62. The quantitative estimate of drug-likeness (QED) is 0.203. The van der Waals surface area contributed by atoms with Crippen LogP contribution in [0.2, 0.25) is 0 Å². The first kappa shape index (κ1) is 33.0. The Morgan fingerprint density at radius 1 is 0.933 bits per heavy atom. The van der Waals surface area contributed by atoms with Crippen LogP contribution >= 0.6 is 11.8 Å². The highest BCUT2D eigenvalue weighted by Crippen LogP contribution is 2.71. The maximum atomic E-state index is 15.0. The molecule has 2 aromatic carbocycles. The largest absolute Gasteiger partial charge is 0.396 e. The molecule has 0 aliphatic carbocycles. The number of rotatable bonds is 14. The van der Waals surface area contributed by atoms with Gasteiger partial charge in [-0.2, -0.15) is 0 Å². The number of aliphatic hydroxyl groups is 1. The lowest BCUT2D eigenvalue weighted by Crippen LogP contribution is -2.55. The molecular weight excluding hydrogens is 582 g/mol. The molecule has 3 fully saturated rings. The van der Waals surface area contributed by atoms with Gasteiger partial charge in [0.2, 0.25) is 11.8 Å². The molecule has 3 heterocycles. The van der Waals surface area contributed by atoms with Gasteiger partial charge in [0.15, 0.2) is 0 Å². The molecule has 3 saturated heterocycles. The summed E-state index contributed by atoms with van der Waals surface area (Å²) in [6, 6.07) is 14.9. The molecule has 5 atom stereocenters. The zero-order valence-corrected chi connectivity index (χ0v) is 27.7. The minimum atomic E-state index is -0.707. The van der Waals surface area contributed by atoms with Crippen molar-refractivity contribution in [2.45, 2.75) is 74.8 Å². The van der Waals surface area contributed by atoms with Crippen molar-refractivity contribution in [1.82, 2.24) is 4.90 Å². The number of unbranched alkanes of at least 4 members (excludes halogenated alkanes) is 3. The normalized spacial score (nSPS) is 26.5. The number of hydrogen-bond acceptors (Lipinski definition) is 5. The zero-order valence-electron chi connectivity index (χ0n) is 26.9. The maximum Gasteiger partial charge on any atom is 0.251 e. The van der Waals surface area contributed by atoms with Gasteiger partial charge >= 0.3 is 0 Å². The van der Waals surface area contributed by atoms with Crippen molar-refractivity contribution < 1.29 is 19.5 Å². The number of anilines is 2. The highest BCUT2D eigenvalue weighted by molar-refractivity contribution is 8.02. The van der Waals surface area contributed by atoms with Gasteiger partial charge in [-0.15, -0.1) is 24.9 Å². The SMILES string of the molecule is C=CCN(C(=O)[C@H]1[C@H]2C(=O)N(CCCCCCO)C(C(=O)N(CC=C)c3c(C)cccc3C)C23CC[C@]1(C)S3)c1ccccc1. The number of nitrogens with zero attached hydrogens (tertiary/aromatic N) is 3. The summed E-state index contributed by atoms with van der Waals surface area (Å²) in [7, 11) is 0. The first-order chi connectivity index (χ1) is 21.6. The Balaban J connectivity index is 1.58. The van der Waals surface area contributed by atoms with Crippen molar-refractivity contribution in [2.24, 2.45) is 11.8 Å². The third kappa shape index (κ3) is 5.76. The van der Waals surface area contributed by atoms with Gasteiger partial charge in [-0.3, -0.25) is 14.4 Å². The van der Waals surface area contributed by atoms with Gasteiger partial charge in [0.05, 0.1) is 16.6 Å². The molecule has 0 aromatic heterocycles. The summed E-state index contributed by atoms with van der Waals surface area (Å²) in [5, 5.41) is 9.28. The van der Waals surface area contributed by atoms with Crippen LogP contribution in [0.4, 0.5) is 11.4 Å². The molecule has 45 heavy (non-hydrogen) atoms. The molecular formula is C37H47N3O4S. The second kappa shape index (κ2) is 13.6. The fourth-order valence-electron chi connectivity index (χ4n) is 8.10. The third-order valence-corrected chi connectivity index (χ3v) is 12.0. The van der Waals surface area contributed by atoms with Gasteiger partial charge in [0.1, 0.15) is 6.04 Å². The van der Waals surface area contributed by atoms with Crippen molar-refractivity contribution >= 4 is 40.9 Å². The van der Waals surface area contributed by atoms with Crippen molar-refractivity contribution in [3.05, 3.63) is 85.0 Å². The summed E-state index contributed by atoms with van der Waals surface area (Å²) in [6.07, 6.45) is 8.09. The number of fused-ring (bicyclic) bond motifs is 1. The molecule has 3 aliphatic heterocycles. The second-order valence-electron chi connectivity index (χ2n) is 12.9. The molecule has 8 heteroatoms. The number of hydrogen-bond donors (Lipinski definition) is 1. The summed E-state index contributed by atoms with van der Waals surface area (Å²) >= 11 is 1.71. The van der Waals surface area contributed by atoms with Crippen LogP contribution in [0.5, 0.6) is 0 Å². The van der Waals surface area contributed by atoms with Gasteiger partial charge in [0, 0.05) is 42.4 Å². The zero-order chi connectivity index (χ0) is 32.4. The highest BCUT2D eigenvalue weighted by atomic mass is 32.2. The lowest BCUT2D eigenvalue weighted by molar-refractivity contribution is -0.139.